The first-order valence-electron chi connectivity index (χ1n) is 7.67. The predicted octanol–water partition coefficient (Wildman–Crippen LogP) is 2.31. The van der Waals surface area contributed by atoms with Crippen molar-refractivity contribution in [3.05, 3.63) is 78.9 Å². The SMILES string of the molecule is C=Cc1cc([N+](=C)[I-])ccc1Oc1ccc(-c2ccc(O)cc2)cc1. The lowest BCUT2D eigenvalue weighted by Gasteiger charge is -2.11. The molecule has 0 unspecified atom stereocenters. The molecule has 0 bridgehead atoms. The maximum Gasteiger partial charge on any atom is 0.180 e. The predicted molar refractivity (Wildman–Crippen MR) is 97.2 cm³/mol. The molecule has 0 aliphatic heterocycles. The lowest BCUT2D eigenvalue weighted by Crippen LogP contribution is -3.38. The number of phenolic OH excluding ortho intramolecular Hbond substituents is 1. The van der Waals surface area contributed by atoms with Crippen molar-refractivity contribution < 1.29 is 35.5 Å². The molecule has 0 heterocycles. The molecule has 0 saturated heterocycles. The Morgan fingerprint density at radius 1 is 0.920 bits per heavy atom. The summed E-state index contributed by atoms with van der Waals surface area (Å²) in [5.41, 5.74) is 3.98. The fourth-order valence-electron chi connectivity index (χ4n) is 2.44. The molecule has 0 aromatic heterocycles. The van der Waals surface area contributed by atoms with E-state index in [1.807, 2.05) is 54.6 Å². The minimum absolute atomic E-state index is 0.261. The molecular weight excluding hydrogens is 425 g/mol. The van der Waals surface area contributed by atoms with E-state index < -0.39 is 0 Å². The van der Waals surface area contributed by atoms with Gasteiger partial charge in [-0.1, -0.05) is 36.9 Å². The van der Waals surface area contributed by atoms with Gasteiger partial charge in [-0.25, -0.2) is 0 Å². The average Bonchev–Trinajstić information content (AvgIpc) is 2.63. The van der Waals surface area contributed by atoms with Crippen molar-refractivity contribution in [1.29, 1.82) is 0 Å². The normalized spacial score (nSPS) is 10.3. The molecule has 0 aliphatic carbocycles. The second-order valence-corrected chi connectivity index (χ2v) is 6.63. The van der Waals surface area contributed by atoms with Crippen molar-refractivity contribution in [3.63, 3.8) is 0 Å². The van der Waals surface area contributed by atoms with Crippen LogP contribution in [0.2, 0.25) is 0 Å². The monoisotopic (exact) mass is 442 g/mol. The smallest absolute Gasteiger partial charge is 0.180 e. The topological polar surface area (TPSA) is 32.5 Å². The number of halogens is 1. The summed E-state index contributed by atoms with van der Waals surface area (Å²) in [5.74, 6) is 1.75. The average molecular weight is 442 g/mol. The summed E-state index contributed by atoms with van der Waals surface area (Å²) in [6, 6.07) is 20.8. The van der Waals surface area contributed by atoms with Gasteiger partial charge in [0.15, 0.2) is 5.69 Å². The molecule has 0 aliphatic rings. The van der Waals surface area contributed by atoms with E-state index in [0.717, 1.165) is 33.9 Å². The fraction of sp³-hybridized carbons (Fsp3) is 0. The zero-order chi connectivity index (χ0) is 17.8. The van der Waals surface area contributed by atoms with Crippen LogP contribution in [-0.2, 0) is 0 Å². The van der Waals surface area contributed by atoms with Gasteiger partial charge in [-0.2, -0.15) is 0 Å². The summed E-state index contributed by atoms with van der Waals surface area (Å²) >= 11 is 2.12. The number of hydrogen-bond acceptors (Lipinski definition) is 2. The maximum absolute atomic E-state index is 9.38. The van der Waals surface area contributed by atoms with Crippen LogP contribution < -0.4 is 27.6 Å². The third-order valence-corrected chi connectivity index (χ3v) is 4.33. The van der Waals surface area contributed by atoms with Gasteiger partial charge in [-0.05, 0) is 41.5 Å². The second-order valence-electron chi connectivity index (χ2n) is 5.46. The molecule has 4 heteroatoms. The van der Waals surface area contributed by atoms with Gasteiger partial charge < -0.3 is 35.5 Å². The standard InChI is InChI=1S/C21H17INO2/c1-3-15-14-18(23(2)22)8-13-21(15)25-20-11-6-17(7-12-20)16-4-9-19(24)10-5-16/h3-14,24H,1-2H2. The van der Waals surface area contributed by atoms with Crippen molar-refractivity contribution >= 4 is 18.5 Å². The zero-order valence-electron chi connectivity index (χ0n) is 13.5. The van der Waals surface area contributed by atoms with Crippen LogP contribution in [0.4, 0.5) is 5.69 Å². The molecule has 3 aromatic rings. The van der Waals surface area contributed by atoms with E-state index in [2.05, 4.69) is 36.2 Å². The number of nitrogens with zero attached hydrogens (tertiary/aromatic N) is 1. The van der Waals surface area contributed by atoms with Gasteiger partial charge in [-0.3, -0.25) is 0 Å². The van der Waals surface area contributed by atoms with Crippen LogP contribution in [0, 0.1) is 0 Å². The van der Waals surface area contributed by atoms with Crippen LogP contribution in [0.3, 0.4) is 0 Å². The van der Waals surface area contributed by atoms with Crippen LogP contribution in [-0.4, -0.2) is 14.6 Å². The molecule has 0 saturated carbocycles. The zero-order valence-corrected chi connectivity index (χ0v) is 15.7. The van der Waals surface area contributed by atoms with Crippen molar-refractivity contribution in [1.82, 2.24) is 0 Å². The molecule has 3 nitrogen and oxygen atoms in total. The van der Waals surface area contributed by atoms with Gasteiger partial charge in [0, 0.05) is 17.7 Å². The summed E-state index contributed by atoms with van der Waals surface area (Å²) in [4.78, 5) is 0. The van der Waals surface area contributed by atoms with E-state index in [1.54, 1.807) is 21.0 Å². The van der Waals surface area contributed by atoms with E-state index in [1.165, 1.54) is 0 Å². The van der Waals surface area contributed by atoms with E-state index in [0.29, 0.717) is 0 Å². The largest absolute Gasteiger partial charge is 0.508 e. The van der Waals surface area contributed by atoms with Gasteiger partial charge in [0.25, 0.3) is 0 Å². The molecule has 3 aromatic carbocycles. The lowest BCUT2D eigenvalue weighted by atomic mass is 10.1. The number of hydrogen-bond donors (Lipinski definition) is 1. The Balaban J connectivity index is 1.83. The van der Waals surface area contributed by atoms with Crippen LogP contribution in [0.15, 0.2) is 73.3 Å². The Labute approximate surface area is 161 Å². The summed E-state index contributed by atoms with van der Waals surface area (Å²) in [7, 11) is 0. The number of aromatic hydroxyl groups is 1. The highest BCUT2D eigenvalue weighted by atomic mass is 127. The van der Waals surface area contributed by atoms with E-state index >= 15 is 0 Å². The third-order valence-electron chi connectivity index (χ3n) is 3.78. The first kappa shape index (κ1) is 17.2. The number of phenols is 1. The van der Waals surface area contributed by atoms with E-state index in [4.69, 9.17) is 4.74 Å². The van der Waals surface area contributed by atoms with Crippen molar-refractivity contribution in [3.8, 4) is 28.4 Å². The van der Waals surface area contributed by atoms with Crippen molar-refractivity contribution in [2.75, 3.05) is 0 Å². The minimum atomic E-state index is 0.261. The van der Waals surface area contributed by atoms with Crippen LogP contribution in [0.25, 0.3) is 17.2 Å². The highest BCUT2D eigenvalue weighted by Crippen LogP contribution is 2.30. The second kappa shape index (κ2) is 7.53. The molecule has 0 atom stereocenters. The Morgan fingerprint density at radius 3 is 2.08 bits per heavy atom. The van der Waals surface area contributed by atoms with Crippen molar-refractivity contribution in [2.24, 2.45) is 0 Å². The molecule has 0 spiro atoms. The molecule has 1 N–H and O–H groups in total. The van der Waals surface area contributed by atoms with Gasteiger partial charge in [0.1, 0.15) is 24.0 Å². The van der Waals surface area contributed by atoms with Gasteiger partial charge in [-0.15, -0.1) is 0 Å². The van der Waals surface area contributed by atoms with Crippen LogP contribution in [0.5, 0.6) is 17.2 Å². The summed E-state index contributed by atoms with van der Waals surface area (Å²) in [6.45, 7) is 7.72. The highest BCUT2D eigenvalue weighted by Gasteiger charge is 2.07. The first-order valence-corrected chi connectivity index (χ1v) is 8.63. The molecule has 1 radical (unpaired) electrons. The lowest BCUT2D eigenvalue weighted by molar-refractivity contribution is -1.02. The first-order chi connectivity index (χ1) is 12.1. The van der Waals surface area contributed by atoms with E-state index in [9.17, 15) is 5.11 Å². The molecule has 0 fully saturated rings. The Morgan fingerprint density at radius 2 is 1.52 bits per heavy atom. The third kappa shape index (κ3) is 4.09. The molecule has 125 valence electrons. The quantitative estimate of drug-likeness (QED) is 0.374. The van der Waals surface area contributed by atoms with E-state index in [-0.39, 0.29) is 5.75 Å². The maximum atomic E-state index is 9.38. The van der Waals surface area contributed by atoms with Gasteiger partial charge in [0.2, 0.25) is 0 Å². The Kier molecular flexibility index (Phi) is 5.19. The number of benzene rings is 3. The molecular formula is C21H17INO2. The summed E-state index contributed by atoms with van der Waals surface area (Å²) in [5, 5.41) is 9.38. The molecule has 25 heavy (non-hydrogen) atoms. The number of rotatable bonds is 5. The van der Waals surface area contributed by atoms with Crippen LogP contribution in [0.1, 0.15) is 5.56 Å². The summed E-state index contributed by atoms with van der Waals surface area (Å²) in [6.07, 6.45) is 1.77. The summed E-state index contributed by atoms with van der Waals surface area (Å²) < 4.78 is 7.76. The van der Waals surface area contributed by atoms with Crippen molar-refractivity contribution in [2.45, 2.75) is 0 Å². The Hall–Kier alpha value is -2.60. The Bertz CT molecular complexity index is 916. The minimum Gasteiger partial charge on any atom is -0.508 e. The fourth-order valence-corrected chi connectivity index (χ4v) is 2.74. The number of ether oxygens (including phenoxy) is 1. The molecule has 0 amide bonds. The van der Waals surface area contributed by atoms with Crippen LogP contribution >= 0.6 is 0 Å². The highest BCUT2D eigenvalue weighted by molar-refractivity contribution is 5.65. The van der Waals surface area contributed by atoms with Gasteiger partial charge >= 0.3 is 0 Å². The molecule has 3 rings (SSSR count). The van der Waals surface area contributed by atoms with Gasteiger partial charge in [0.05, 0.1) is 0 Å².